The smallest absolute Gasteiger partial charge is 0.270 e. The molecule has 1 aliphatic rings. The predicted octanol–water partition coefficient (Wildman–Crippen LogP) is 4.64. The van der Waals surface area contributed by atoms with E-state index < -0.39 is 0 Å². The van der Waals surface area contributed by atoms with Gasteiger partial charge >= 0.3 is 0 Å². The van der Waals surface area contributed by atoms with Gasteiger partial charge in [-0.1, -0.05) is 49.4 Å². The molecule has 1 fully saturated rings. The monoisotopic (exact) mass is 445 g/mol. The van der Waals surface area contributed by atoms with Crippen molar-refractivity contribution >= 4 is 5.69 Å². The molecule has 7 heteroatoms. The molecule has 0 spiro atoms. The van der Waals surface area contributed by atoms with Gasteiger partial charge in [-0.2, -0.15) is 0 Å². The van der Waals surface area contributed by atoms with E-state index in [-0.39, 0.29) is 10.6 Å². The number of hydrogen-bond donors (Lipinski definition) is 1. The zero-order chi connectivity index (χ0) is 23.2. The Kier molecular flexibility index (Phi) is 7.42. The topological polar surface area (TPSA) is 84.2 Å². The van der Waals surface area contributed by atoms with E-state index in [0.717, 1.165) is 54.1 Å². The van der Waals surface area contributed by atoms with E-state index in [1.807, 2.05) is 43.3 Å². The highest BCUT2D eigenvalue weighted by Crippen LogP contribution is 2.29. The minimum absolute atomic E-state index is 0.0648. The highest BCUT2D eigenvalue weighted by atomic mass is 16.6. The van der Waals surface area contributed by atoms with Gasteiger partial charge in [0.05, 0.1) is 10.6 Å². The third kappa shape index (κ3) is 5.43. The van der Waals surface area contributed by atoms with Gasteiger partial charge in [-0.3, -0.25) is 15.0 Å². The lowest BCUT2D eigenvalue weighted by atomic mass is 10.0. The lowest BCUT2D eigenvalue weighted by molar-refractivity contribution is -0.384. The zero-order valence-corrected chi connectivity index (χ0v) is 19.3. The molecule has 4 rings (SSSR count). The van der Waals surface area contributed by atoms with Gasteiger partial charge in [0.2, 0.25) is 0 Å². The number of nitro groups is 1. The van der Waals surface area contributed by atoms with Crippen LogP contribution in [0.2, 0.25) is 0 Å². The number of rotatable bonds is 9. The molecule has 1 unspecified atom stereocenters. The lowest BCUT2D eigenvalue weighted by Gasteiger charge is -2.23. The van der Waals surface area contributed by atoms with Crippen molar-refractivity contribution < 1.29 is 4.92 Å². The van der Waals surface area contributed by atoms with Crippen LogP contribution in [-0.4, -0.2) is 52.0 Å². The lowest BCUT2D eigenvalue weighted by Crippen LogP contribution is -2.38. The van der Waals surface area contributed by atoms with Gasteiger partial charge < -0.3 is 5.32 Å². The quantitative estimate of drug-likeness (QED) is 0.293. The zero-order valence-electron chi connectivity index (χ0n) is 19.3. The Labute approximate surface area is 195 Å². The van der Waals surface area contributed by atoms with E-state index in [2.05, 4.69) is 17.1 Å². The summed E-state index contributed by atoms with van der Waals surface area (Å²) in [5.74, 6) is 0.635. The molecule has 172 valence electrons. The van der Waals surface area contributed by atoms with Crippen LogP contribution in [-0.2, 0) is 6.42 Å². The minimum atomic E-state index is -0.363. The molecule has 1 aliphatic heterocycles. The van der Waals surface area contributed by atoms with Crippen LogP contribution in [0.15, 0.2) is 54.6 Å². The van der Waals surface area contributed by atoms with Gasteiger partial charge in [0.15, 0.2) is 5.82 Å². The van der Waals surface area contributed by atoms with Crippen LogP contribution in [0.3, 0.4) is 0 Å². The van der Waals surface area contributed by atoms with Crippen LogP contribution < -0.4 is 5.32 Å². The molecular weight excluding hydrogens is 414 g/mol. The highest BCUT2D eigenvalue weighted by Gasteiger charge is 2.22. The van der Waals surface area contributed by atoms with Crippen molar-refractivity contribution in [3.63, 3.8) is 0 Å². The molecule has 2 heterocycles. The van der Waals surface area contributed by atoms with Gasteiger partial charge in [-0.15, -0.1) is 0 Å². The summed E-state index contributed by atoms with van der Waals surface area (Å²) < 4.78 is 0. The van der Waals surface area contributed by atoms with Gasteiger partial charge in [-0.05, 0) is 45.8 Å². The van der Waals surface area contributed by atoms with Crippen molar-refractivity contribution in [2.24, 2.45) is 0 Å². The largest absolute Gasteiger partial charge is 0.315 e. The molecule has 0 aliphatic carbocycles. The van der Waals surface area contributed by atoms with Crippen LogP contribution in [0.4, 0.5) is 5.69 Å². The number of nitrogens with zero attached hydrogens (tertiary/aromatic N) is 4. The van der Waals surface area contributed by atoms with E-state index in [1.54, 1.807) is 12.1 Å². The normalized spacial score (nSPS) is 16.2. The first-order valence-corrected chi connectivity index (χ1v) is 11.7. The number of hydrogen-bond acceptors (Lipinski definition) is 6. The summed E-state index contributed by atoms with van der Waals surface area (Å²) in [5.41, 5.74) is 4.44. The van der Waals surface area contributed by atoms with Gasteiger partial charge in [0, 0.05) is 47.1 Å². The minimum Gasteiger partial charge on any atom is -0.315 e. The van der Waals surface area contributed by atoms with Gasteiger partial charge in [0.1, 0.15) is 0 Å². The Hall–Kier alpha value is -3.16. The first-order valence-electron chi connectivity index (χ1n) is 11.7. The number of non-ortho nitro benzene ring substituents is 1. The molecule has 1 atom stereocenters. The summed E-state index contributed by atoms with van der Waals surface area (Å²) >= 11 is 0. The summed E-state index contributed by atoms with van der Waals surface area (Å²) in [6.45, 7) is 8.29. The molecule has 1 N–H and O–H groups in total. The first-order chi connectivity index (χ1) is 16.1. The molecular formula is C26H31N5O2. The van der Waals surface area contributed by atoms with Gasteiger partial charge in [0.25, 0.3) is 5.69 Å². The summed E-state index contributed by atoms with van der Waals surface area (Å²) in [6.07, 6.45) is 3.27. The maximum absolute atomic E-state index is 11.4. The molecule has 0 saturated carbocycles. The standard InChI is InChI=1S/C26H31N5O2/c1-3-30-16-8-13-23(30)18-27-15-14-24-19(2)28-26(20-9-5-4-6-10-20)29-25(24)21-11-7-12-22(17-21)31(32)33/h4-7,9-12,17,23,27H,3,8,13-16,18H2,1-2H3. The van der Waals surface area contributed by atoms with Crippen molar-refractivity contribution in [2.75, 3.05) is 26.2 Å². The third-order valence-electron chi connectivity index (χ3n) is 6.41. The molecule has 0 radical (unpaired) electrons. The second kappa shape index (κ2) is 10.6. The van der Waals surface area contributed by atoms with Crippen LogP contribution in [0, 0.1) is 17.0 Å². The van der Waals surface area contributed by atoms with Crippen molar-refractivity contribution in [3.05, 3.63) is 76.0 Å². The number of likely N-dealkylation sites (N-methyl/N-ethyl adjacent to an activating group) is 1. The van der Waals surface area contributed by atoms with Crippen LogP contribution in [0.1, 0.15) is 31.0 Å². The Balaban J connectivity index is 1.61. The van der Waals surface area contributed by atoms with E-state index in [1.165, 1.54) is 25.5 Å². The van der Waals surface area contributed by atoms with Gasteiger partial charge in [-0.25, -0.2) is 9.97 Å². The van der Waals surface area contributed by atoms with E-state index in [0.29, 0.717) is 11.9 Å². The van der Waals surface area contributed by atoms with Crippen LogP contribution in [0.5, 0.6) is 0 Å². The van der Waals surface area contributed by atoms with Crippen molar-refractivity contribution in [2.45, 2.75) is 39.2 Å². The summed E-state index contributed by atoms with van der Waals surface area (Å²) in [6, 6.07) is 17.2. The Bertz CT molecular complexity index is 1100. The molecule has 7 nitrogen and oxygen atoms in total. The number of nitrogens with one attached hydrogen (secondary N) is 1. The molecule has 2 aromatic carbocycles. The number of likely N-dealkylation sites (tertiary alicyclic amines) is 1. The molecule has 0 bridgehead atoms. The van der Waals surface area contributed by atoms with Crippen molar-refractivity contribution in [1.82, 2.24) is 20.2 Å². The summed E-state index contributed by atoms with van der Waals surface area (Å²) in [5, 5.41) is 15.0. The Morgan fingerprint density at radius 1 is 1.12 bits per heavy atom. The third-order valence-corrected chi connectivity index (χ3v) is 6.41. The average Bonchev–Trinajstić information content (AvgIpc) is 3.30. The number of nitro benzene ring substituents is 1. The fourth-order valence-corrected chi connectivity index (χ4v) is 4.64. The van der Waals surface area contributed by atoms with Crippen molar-refractivity contribution in [3.8, 4) is 22.6 Å². The fraction of sp³-hybridized carbons (Fsp3) is 0.385. The summed E-state index contributed by atoms with van der Waals surface area (Å²) in [7, 11) is 0. The van der Waals surface area contributed by atoms with Crippen molar-refractivity contribution in [1.29, 1.82) is 0 Å². The van der Waals surface area contributed by atoms with E-state index in [9.17, 15) is 10.1 Å². The number of aryl methyl sites for hydroxylation is 1. The van der Waals surface area contributed by atoms with E-state index >= 15 is 0 Å². The highest BCUT2D eigenvalue weighted by molar-refractivity contribution is 5.69. The SMILES string of the molecule is CCN1CCCC1CNCCc1c(C)nc(-c2ccccc2)nc1-c1cccc([N+](=O)[O-])c1. The number of benzene rings is 2. The first kappa shape index (κ1) is 23.0. The fourth-order valence-electron chi connectivity index (χ4n) is 4.64. The molecule has 3 aromatic rings. The summed E-state index contributed by atoms with van der Waals surface area (Å²) in [4.78, 5) is 23.2. The second-order valence-corrected chi connectivity index (χ2v) is 8.51. The molecule has 0 amide bonds. The number of aromatic nitrogens is 2. The molecule has 33 heavy (non-hydrogen) atoms. The average molecular weight is 446 g/mol. The van der Waals surface area contributed by atoms with Crippen LogP contribution in [0.25, 0.3) is 22.6 Å². The Morgan fingerprint density at radius 3 is 2.67 bits per heavy atom. The molecule has 1 aromatic heterocycles. The maximum Gasteiger partial charge on any atom is 0.270 e. The predicted molar refractivity (Wildman–Crippen MR) is 131 cm³/mol. The maximum atomic E-state index is 11.4. The molecule has 1 saturated heterocycles. The second-order valence-electron chi connectivity index (χ2n) is 8.51. The Morgan fingerprint density at radius 2 is 1.91 bits per heavy atom. The van der Waals surface area contributed by atoms with Crippen LogP contribution >= 0.6 is 0 Å². The van der Waals surface area contributed by atoms with E-state index in [4.69, 9.17) is 9.97 Å².